The third-order valence-electron chi connectivity index (χ3n) is 3.64. The number of ether oxygens (including phenoxy) is 1. The van der Waals surface area contributed by atoms with Crippen molar-refractivity contribution in [2.24, 2.45) is 5.41 Å². The molecule has 17 heavy (non-hydrogen) atoms. The Morgan fingerprint density at radius 2 is 2.12 bits per heavy atom. The van der Waals surface area contributed by atoms with Crippen LogP contribution in [0.5, 0.6) is 5.75 Å². The van der Waals surface area contributed by atoms with Crippen molar-refractivity contribution in [1.82, 2.24) is 5.32 Å². The highest BCUT2D eigenvalue weighted by Gasteiger charge is 2.46. The van der Waals surface area contributed by atoms with Gasteiger partial charge in [-0.3, -0.25) is 0 Å². The van der Waals surface area contributed by atoms with Crippen LogP contribution in [0.4, 0.5) is 4.39 Å². The minimum Gasteiger partial charge on any atom is -0.497 e. The van der Waals surface area contributed by atoms with Crippen LogP contribution in [0.15, 0.2) is 18.2 Å². The molecule has 0 spiro atoms. The first kappa shape index (κ1) is 12.4. The Morgan fingerprint density at radius 1 is 1.47 bits per heavy atom. The highest BCUT2D eigenvalue weighted by Crippen LogP contribution is 2.45. The van der Waals surface area contributed by atoms with Crippen molar-refractivity contribution in [1.29, 1.82) is 0 Å². The van der Waals surface area contributed by atoms with Gasteiger partial charge in [-0.2, -0.15) is 0 Å². The lowest BCUT2D eigenvalue weighted by atomic mass is 10.1. The van der Waals surface area contributed by atoms with Gasteiger partial charge in [-0.05, 0) is 24.8 Å². The number of hydrogen-bond donors (Lipinski definition) is 1. The lowest BCUT2D eigenvalue weighted by Gasteiger charge is -2.16. The molecule has 94 valence electrons. The molecule has 0 amide bonds. The highest BCUT2D eigenvalue weighted by molar-refractivity contribution is 5.30. The fourth-order valence-corrected chi connectivity index (χ4v) is 2.13. The van der Waals surface area contributed by atoms with E-state index in [1.807, 2.05) is 6.92 Å². The zero-order chi connectivity index (χ0) is 12.6. The SMILES string of the molecule is COc1ccc(C(C)NC2CC2(C)C)c(F)c1. The fraction of sp³-hybridized carbons (Fsp3) is 0.571. The van der Waals surface area contributed by atoms with E-state index in [2.05, 4.69) is 19.2 Å². The molecule has 2 unspecified atom stereocenters. The lowest BCUT2D eigenvalue weighted by Crippen LogP contribution is -2.24. The summed E-state index contributed by atoms with van der Waals surface area (Å²) in [5.74, 6) is 0.355. The average Bonchev–Trinajstić information content (AvgIpc) is 2.85. The number of hydrogen-bond acceptors (Lipinski definition) is 2. The van der Waals surface area contributed by atoms with Crippen LogP contribution < -0.4 is 10.1 Å². The first-order chi connectivity index (χ1) is 7.94. The molecule has 1 fully saturated rings. The minimum atomic E-state index is -0.206. The maximum atomic E-state index is 13.8. The van der Waals surface area contributed by atoms with E-state index in [1.54, 1.807) is 19.2 Å². The molecule has 1 aliphatic carbocycles. The molecule has 2 atom stereocenters. The van der Waals surface area contributed by atoms with E-state index >= 15 is 0 Å². The van der Waals surface area contributed by atoms with Crippen LogP contribution in [0.2, 0.25) is 0 Å². The van der Waals surface area contributed by atoms with E-state index < -0.39 is 0 Å². The molecule has 0 aromatic heterocycles. The molecule has 1 N–H and O–H groups in total. The third kappa shape index (κ3) is 2.60. The van der Waals surface area contributed by atoms with Gasteiger partial charge < -0.3 is 10.1 Å². The standard InChI is InChI=1S/C14H20FNO/c1-9(16-13-8-14(13,2)3)11-6-5-10(17-4)7-12(11)15/h5-7,9,13,16H,8H2,1-4H3. The van der Waals surface area contributed by atoms with E-state index in [1.165, 1.54) is 6.07 Å². The summed E-state index contributed by atoms with van der Waals surface area (Å²) in [4.78, 5) is 0. The van der Waals surface area contributed by atoms with Crippen molar-refractivity contribution >= 4 is 0 Å². The molecule has 0 heterocycles. The average molecular weight is 237 g/mol. The molecular weight excluding hydrogens is 217 g/mol. The number of nitrogens with one attached hydrogen (secondary N) is 1. The summed E-state index contributed by atoms with van der Waals surface area (Å²) in [5, 5.41) is 3.46. The Hall–Kier alpha value is -1.09. The van der Waals surface area contributed by atoms with Crippen molar-refractivity contribution in [3.05, 3.63) is 29.6 Å². The van der Waals surface area contributed by atoms with E-state index in [9.17, 15) is 4.39 Å². The Bertz CT molecular complexity index is 417. The van der Waals surface area contributed by atoms with Gasteiger partial charge in [0.25, 0.3) is 0 Å². The second-order valence-electron chi connectivity index (χ2n) is 5.52. The van der Waals surface area contributed by atoms with E-state index in [0.717, 1.165) is 6.42 Å². The maximum absolute atomic E-state index is 13.8. The highest BCUT2D eigenvalue weighted by atomic mass is 19.1. The van der Waals surface area contributed by atoms with Crippen LogP contribution in [-0.4, -0.2) is 13.2 Å². The monoisotopic (exact) mass is 237 g/mol. The summed E-state index contributed by atoms with van der Waals surface area (Å²) in [7, 11) is 1.54. The molecule has 2 nitrogen and oxygen atoms in total. The van der Waals surface area contributed by atoms with Gasteiger partial charge >= 0.3 is 0 Å². The smallest absolute Gasteiger partial charge is 0.131 e. The number of methoxy groups -OCH3 is 1. The van der Waals surface area contributed by atoms with Crippen LogP contribution in [0.1, 0.15) is 38.8 Å². The predicted molar refractivity (Wildman–Crippen MR) is 66.7 cm³/mol. The van der Waals surface area contributed by atoms with Crippen molar-refractivity contribution in [3.63, 3.8) is 0 Å². The van der Waals surface area contributed by atoms with Crippen molar-refractivity contribution < 1.29 is 9.13 Å². The predicted octanol–water partition coefficient (Wildman–Crippen LogP) is 3.28. The zero-order valence-electron chi connectivity index (χ0n) is 10.9. The first-order valence-electron chi connectivity index (χ1n) is 6.03. The summed E-state index contributed by atoms with van der Waals surface area (Å²) >= 11 is 0. The molecule has 0 radical (unpaired) electrons. The summed E-state index contributed by atoms with van der Waals surface area (Å²) < 4.78 is 18.8. The zero-order valence-corrected chi connectivity index (χ0v) is 10.9. The summed E-state index contributed by atoms with van der Waals surface area (Å²) in [6.45, 7) is 6.45. The molecule has 1 aliphatic rings. The summed E-state index contributed by atoms with van der Waals surface area (Å²) in [6, 6.07) is 5.56. The van der Waals surface area contributed by atoms with Gasteiger partial charge in [0.1, 0.15) is 11.6 Å². The van der Waals surface area contributed by atoms with Crippen LogP contribution in [-0.2, 0) is 0 Å². The number of benzene rings is 1. The fourth-order valence-electron chi connectivity index (χ4n) is 2.13. The van der Waals surface area contributed by atoms with E-state index in [0.29, 0.717) is 22.8 Å². The van der Waals surface area contributed by atoms with Gasteiger partial charge in [0.15, 0.2) is 0 Å². The summed E-state index contributed by atoms with van der Waals surface area (Å²) in [6.07, 6.45) is 1.16. The topological polar surface area (TPSA) is 21.3 Å². The molecular formula is C14H20FNO. The molecule has 3 heteroatoms. The molecule has 2 rings (SSSR count). The second kappa shape index (κ2) is 4.30. The summed E-state index contributed by atoms with van der Waals surface area (Å²) in [5.41, 5.74) is 1.06. The normalized spacial score (nSPS) is 23.2. The second-order valence-corrected chi connectivity index (χ2v) is 5.52. The maximum Gasteiger partial charge on any atom is 0.131 e. The number of halogens is 1. The van der Waals surface area contributed by atoms with Gasteiger partial charge in [-0.1, -0.05) is 19.9 Å². The largest absolute Gasteiger partial charge is 0.497 e. The lowest BCUT2D eigenvalue weighted by molar-refractivity contribution is 0.409. The van der Waals surface area contributed by atoms with E-state index in [-0.39, 0.29) is 11.9 Å². The number of rotatable bonds is 4. The molecule has 1 aromatic carbocycles. The minimum absolute atomic E-state index is 0.0349. The van der Waals surface area contributed by atoms with Crippen molar-refractivity contribution in [3.8, 4) is 5.75 Å². The molecule has 0 aliphatic heterocycles. The molecule has 1 aromatic rings. The van der Waals surface area contributed by atoms with Crippen LogP contribution in [0.25, 0.3) is 0 Å². The van der Waals surface area contributed by atoms with Gasteiger partial charge in [0.05, 0.1) is 7.11 Å². The first-order valence-corrected chi connectivity index (χ1v) is 6.03. The Morgan fingerprint density at radius 3 is 2.59 bits per heavy atom. The Labute approximate surface area is 102 Å². The third-order valence-corrected chi connectivity index (χ3v) is 3.64. The van der Waals surface area contributed by atoms with Gasteiger partial charge in [0.2, 0.25) is 0 Å². The molecule has 1 saturated carbocycles. The Balaban J connectivity index is 2.06. The Kier molecular flexibility index (Phi) is 3.13. The van der Waals surface area contributed by atoms with Crippen molar-refractivity contribution in [2.45, 2.75) is 39.3 Å². The van der Waals surface area contributed by atoms with Crippen LogP contribution >= 0.6 is 0 Å². The van der Waals surface area contributed by atoms with Gasteiger partial charge in [-0.25, -0.2) is 4.39 Å². The van der Waals surface area contributed by atoms with Crippen molar-refractivity contribution in [2.75, 3.05) is 7.11 Å². The quantitative estimate of drug-likeness (QED) is 0.867. The van der Waals surface area contributed by atoms with Gasteiger partial charge in [0, 0.05) is 23.7 Å². The van der Waals surface area contributed by atoms with Crippen LogP contribution in [0.3, 0.4) is 0 Å². The van der Waals surface area contributed by atoms with E-state index in [4.69, 9.17) is 4.74 Å². The van der Waals surface area contributed by atoms with Gasteiger partial charge in [-0.15, -0.1) is 0 Å². The van der Waals surface area contributed by atoms with Crippen LogP contribution in [0, 0.1) is 11.2 Å². The molecule has 0 bridgehead atoms. The molecule has 0 saturated heterocycles.